The van der Waals surface area contributed by atoms with Gasteiger partial charge in [-0.1, -0.05) is 6.58 Å². The van der Waals surface area contributed by atoms with Crippen LogP contribution >= 0.6 is 0 Å². The zero-order valence-corrected chi connectivity index (χ0v) is 7.44. The Bertz CT molecular complexity index is 214. The van der Waals surface area contributed by atoms with Gasteiger partial charge in [0.2, 0.25) is 0 Å². The molecule has 3 nitrogen and oxygen atoms in total. The molecule has 0 aromatic rings. The van der Waals surface area contributed by atoms with Crippen molar-refractivity contribution < 1.29 is 4.21 Å². The molecular formula is C6H14N2OS. The minimum atomic E-state index is -2.33. The van der Waals surface area contributed by atoms with Gasteiger partial charge in [0.15, 0.2) is 0 Å². The maximum atomic E-state index is 11.3. The molecule has 0 saturated heterocycles. The van der Waals surface area contributed by atoms with Crippen molar-refractivity contribution >= 4 is 9.92 Å². The molecule has 0 bridgehead atoms. The van der Waals surface area contributed by atoms with Crippen LogP contribution in [0.3, 0.4) is 0 Å². The molecule has 0 heterocycles. The Balaban J connectivity index is 4.40. The molecule has 1 N–H and O–H groups in total. The summed E-state index contributed by atoms with van der Waals surface area (Å²) in [5.41, 5.74) is 0. The predicted octanol–water partition coefficient (Wildman–Crippen LogP) is 1.14. The van der Waals surface area contributed by atoms with Crippen LogP contribution in [0.1, 0.15) is 13.8 Å². The molecule has 0 saturated carbocycles. The number of hydrogen-bond donors (Lipinski definition) is 1. The van der Waals surface area contributed by atoms with Crippen molar-refractivity contribution in [3.05, 3.63) is 12.0 Å². The van der Waals surface area contributed by atoms with Gasteiger partial charge in [-0.25, -0.2) is 13.3 Å². The summed E-state index contributed by atoms with van der Waals surface area (Å²) < 4.78 is 17.8. The molecule has 4 heteroatoms. The Morgan fingerprint density at radius 2 is 2.20 bits per heavy atom. The van der Waals surface area contributed by atoms with Crippen molar-refractivity contribution in [2.45, 2.75) is 19.9 Å². The number of nitrogens with one attached hydrogen (secondary N) is 1. The van der Waals surface area contributed by atoms with Crippen molar-refractivity contribution in [1.29, 1.82) is 0 Å². The first-order valence-electron chi connectivity index (χ1n) is 3.09. The van der Waals surface area contributed by atoms with E-state index in [4.69, 9.17) is 0 Å². The van der Waals surface area contributed by atoms with Crippen molar-refractivity contribution in [3.8, 4) is 0 Å². The molecule has 1 unspecified atom stereocenters. The fourth-order valence-electron chi connectivity index (χ4n) is 0.513. The van der Waals surface area contributed by atoms with E-state index in [9.17, 15) is 4.21 Å². The van der Waals surface area contributed by atoms with Gasteiger partial charge in [0.05, 0.1) is 0 Å². The summed E-state index contributed by atoms with van der Waals surface area (Å²) in [6.07, 6.45) is 0. The zero-order valence-electron chi connectivity index (χ0n) is 6.63. The van der Waals surface area contributed by atoms with E-state index in [-0.39, 0.29) is 6.04 Å². The third-order valence-electron chi connectivity index (χ3n) is 0.902. The van der Waals surface area contributed by atoms with Gasteiger partial charge in [0.1, 0.15) is 9.92 Å². The second-order valence-corrected chi connectivity index (χ2v) is 4.26. The molecule has 0 radical (unpaired) electrons. The van der Waals surface area contributed by atoms with E-state index in [0.29, 0.717) is 0 Å². The van der Waals surface area contributed by atoms with Crippen molar-refractivity contribution in [3.63, 3.8) is 0 Å². The van der Waals surface area contributed by atoms with Crippen molar-refractivity contribution in [2.75, 3.05) is 7.05 Å². The van der Waals surface area contributed by atoms with Crippen LogP contribution in [0.4, 0.5) is 0 Å². The Morgan fingerprint density at radius 1 is 1.70 bits per heavy atom. The highest BCUT2D eigenvalue weighted by Crippen LogP contribution is 1.92. The van der Waals surface area contributed by atoms with Crippen LogP contribution in [0.2, 0.25) is 0 Å². The van der Waals surface area contributed by atoms with Gasteiger partial charge >= 0.3 is 0 Å². The number of nitrogens with zero attached hydrogens (tertiary/aromatic N) is 1. The second kappa shape index (κ2) is 3.73. The molecule has 0 fully saturated rings. The lowest BCUT2D eigenvalue weighted by Gasteiger charge is -2.08. The van der Waals surface area contributed by atoms with Crippen LogP contribution < -0.4 is 4.72 Å². The van der Waals surface area contributed by atoms with Crippen LogP contribution in [0.5, 0.6) is 0 Å². The Kier molecular flexibility index (Phi) is 3.60. The summed E-state index contributed by atoms with van der Waals surface area (Å²) >= 11 is 0. The average Bonchev–Trinajstić information content (AvgIpc) is 1.87. The molecule has 0 aromatic heterocycles. The highest BCUT2D eigenvalue weighted by molar-refractivity contribution is 7.94. The molecule has 0 aliphatic heterocycles. The lowest BCUT2D eigenvalue weighted by molar-refractivity contribution is 0.654. The highest BCUT2D eigenvalue weighted by Gasteiger charge is 2.01. The predicted molar refractivity (Wildman–Crippen MR) is 45.0 cm³/mol. The summed E-state index contributed by atoms with van der Waals surface area (Å²) in [4.78, 5) is 0. The highest BCUT2D eigenvalue weighted by atomic mass is 32.2. The van der Waals surface area contributed by atoms with E-state index in [1.165, 1.54) is 12.5 Å². The summed E-state index contributed by atoms with van der Waals surface area (Å²) in [5.74, 6) is 0. The molecule has 60 valence electrons. The van der Waals surface area contributed by atoms with E-state index in [2.05, 4.69) is 15.7 Å². The van der Waals surface area contributed by atoms with Crippen LogP contribution in [-0.2, 0) is 9.92 Å². The Labute approximate surface area is 62.8 Å². The fourth-order valence-corrected chi connectivity index (χ4v) is 1.54. The van der Waals surface area contributed by atoms with E-state index < -0.39 is 9.92 Å². The molecular weight excluding hydrogens is 148 g/mol. The number of hydrogen-bond acceptors (Lipinski definition) is 2. The van der Waals surface area contributed by atoms with E-state index >= 15 is 0 Å². The first-order chi connectivity index (χ1) is 4.54. The van der Waals surface area contributed by atoms with Gasteiger partial charge in [-0.05, 0) is 13.8 Å². The normalized spacial score (nSPS) is 16.4. The topological polar surface area (TPSA) is 41.5 Å². The third-order valence-corrected chi connectivity index (χ3v) is 2.71. The largest absolute Gasteiger partial charge is 0.229 e. The van der Waals surface area contributed by atoms with Crippen LogP contribution in [-0.4, -0.2) is 17.3 Å². The van der Waals surface area contributed by atoms with E-state index in [1.54, 1.807) is 0 Å². The maximum Gasteiger partial charge on any atom is 0.129 e. The molecule has 0 aliphatic rings. The monoisotopic (exact) mass is 162 g/mol. The molecule has 0 spiro atoms. The van der Waals surface area contributed by atoms with Crippen molar-refractivity contribution in [2.24, 2.45) is 4.36 Å². The van der Waals surface area contributed by atoms with Gasteiger partial charge in [-0.15, -0.1) is 0 Å². The van der Waals surface area contributed by atoms with Gasteiger partial charge in [-0.3, -0.25) is 0 Å². The maximum absolute atomic E-state index is 11.3. The molecule has 0 aromatic carbocycles. The molecule has 1 atom stereocenters. The van der Waals surface area contributed by atoms with Gasteiger partial charge in [0, 0.05) is 18.5 Å². The first-order valence-corrected chi connectivity index (χ1v) is 4.67. The SMILES string of the molecule is C=CS(=O)(=NC)NC(C)C. The Hall–Kier alpha value is -0.350. The molecule has 0 aliphatic carbocycles. The lowest BCUT2D eigenvalue weighted by Crippen LogP contribution is -2.27. The standard InChI is InChI=1S/C6H14N2OS/c1-5-10(9,7-4)8-6(2)3/h5-6H,1H2,2-4H3,(H,7,8,9). The summed E-state index contributed by atoms with van der Waals surface area (Å²) in [7, 11) is -0.812. The minimum absolute atomic E-state index is 0.161. The fraction of sp³-hybridized carbons (Fsp3) is 0.667. The molecule has 0 amide bonds. The van der Waals surface area contributed by atoms with E-state index in [0.717, 1.165) is 0 Å². The number of rotatable bonds is 3. The smallest absolute Gasteiger partial charge is 0.129 e. The molecule has 10 heavy (non-hydrogen) atoms. The van der Waals surface area contributed by atoms with Crippen LogP contribution in [0, 0.1) is 0 Å². The van der Waals surface area contributed by atoms with E-state index in [1.807, 2.05) is 13.8 Å². The Morgan fingerprint density at radius 3 is 2.30 bits per heavy atom. The first kappa shape index (κ1) is 9.65. The van der Waals surface area contributed by atoms with Crippen LogP contribution in [0.25, 0.3) is 0 Å². The average molecular weight is 162 g/mol. The van der Waals surface area contributed by atoms with Gasteiger partial charge in [0.25, 0.3) is 0 Å². The quantitative estimate of drug-likeness (QED) is 0.664. The zero-order chi connectivity index (χ0) is 8.20. The second-order valence-electron chi connectivity index (χ2n) is 2.19. The minimum Gasteiger partial charge on any atom is -0.229 e. The lowest BCUT2D eigenvalue weighted by atomic mass is 10.4. The third kappa shape index (κ3) is 2.98. The van der Waals surface area contributed by atoms with Crippen LogP contribution in [0.15, 0.2) is 16.3 Å². The van der Waals surface area contributed by atoms with Gasteiger partial charge in [-0.2, -0.15) is 0 Å². The summed E-state index contributed by atoms with van der Waals surface area (Å²) in [5, 5.41) is 1.34. The van der Waals surface area contributed by atoms with Gasteiger partial charge < -0.3 is 0 Å². The summed E-state index contributed by atoms with van der Waals surface area (Å²) in [6, 6.07) is 0.161. The summed E-state index contributed by atoms with van der Waals surface area (Å²) in [6.45, 7) is 7.25. The van der Waals surface area contributed by atoms with Crippen molar-refractivity contribution in [1.82, 2.24) is 4.72 Å². The molecule has 0 rings (SSSR count).